The largest absolute Gasteiger partial charge is 0.392 e. The molecule has 0 aromatic heterocycles. The molecule has 3 unspecified atom stereocenters. The van der Waals surface area contributed by atoms with Crippen molar-refractivity contribution in [2.75, 3.05) is 13.6 Å². The molecule has 0 saturated carbocycles. The van der Waals surface area contributed by atoms with E-state index in [1.54, 1.807) is 12.1 Å². The number of likely N-dealkylation sites (N-methyl/N-ethyl adjacent to an activating group) is 1. The summed E-state index contributed by atoms with van der Waals surface area (Å²) in [5.74, 6) is -0.332. The van der Waals surface area contributed by atoms with Crippen molar-refractivity contribution in [3.63, 3.8) is 0 Å². The number of aliphatic hydroxyl groups excluding tert-OH is 3. The molecular formula is C28H31NO3. The van der Waals surface area contributed by atoms with Crippen molar-refractivity contribution in [3.8, 4) is 0 Å². The molecule has 4 heteroatoms. The number of fused-ring (bicyclic) bond motifs is 2. The number of hydrogen-bond acceptors (Lipinski definition) is 4. The van der Waals surface area contributed by atoms with Gasteiger partial charge >= 0.3 is 0 Å². The third-order valence-corrected chi connectivity index (χ3v) is 6.42. The molecule has 0 aliphatic rings. The van der Waals surface area contributed by atoms with Crippen LogP contribution < -0.4 is 0 Å². The SMILES string of the molecule is CC(C(O)CN(C)Cc1c2ccccc2cc2ccccc12)C(O)c1ccc(CO)cc1. The predicted molar refractivity (Wildman–Crippen MR) is 130 cm³/mol. The van der Waals surface area contributed by atoms with E-state index in [1.807, 2.05) is 26.1 Å². The van der Waals surface area contributed by atoms with Crippen molar-refractivity contribution in [2.45, 2.75) is 32.3 Å². The molecule has 0 bridgehead atoms. The van der Waals surface area contributed by atoms with Crippen LogP contribution in [0.4, 0.5) is 0 Å². The molecule has 4 rings (SSSR count). The molecule has 3 N–H and O–H groups in total. The van der Waals surface area contributed by atoms with Crippen LogP contribution in [-0.4, -0.2) is 39.9 Å². The van der Waals surface area contributed by atoms with Gasteiger partial charge in [0.25, 0.3) is 0 Å². The molecule has 0 fully saturated rings. The molecule has 0 saturated heterocycles. The first-order valence-electron chi connectivity index (χ1n) is 11.1. The Hall–Kier alpha value is -2.76. The van der Waals surface area contributed by atoms with Gasteiger partial charge in [0.15, 0.2) is 0 Å². The van der Waals surface area contributed by atoms with E-state index in [4.69, 9.17) is 0 Å². The van der Waals surface area contributed by atoms with E-state index in [0.29, 0.717) is 13.1 Å². The van der Waals surface area contributed by atoms with Gasteiger partial charge in [-0.15, -0.1) is 0 Å². The Morgan fingerprint density at radius 3 is 1.94 bits per heavy atom. The number of hydrogen-bond donors (Lipinski definition) is 3. The van der Waals surface area contributed by atoms with Crippen LogP contribution in [0.3, 0.4) is 0 Å². The van der Waals surface area contributed by atoms with Crippen LogP contribution in [0.25, 0.3) is 21.5 Å². The molecule has 4 nitrogen and oxygen atoms in total. The van der Waals surface area contributed by atoms with Crippen LogP contribution in [-0.2, 0) is 13.2 Å². The highest BCUT2D eigenvalue weighted by Crippen LogP contribution is 2.30. The first-order chi connectivity index (χ1) is 15.5. The van der Waals surface area contributed by atoms with Crippen molar-refractivity contribution >= 4 is 21.5 Å². The number of aliphatic hydroxyl groups is 3. The van der Waals surface area contributed by atoms with Gasteiger partial charge in [-0.1, -0.05) is 79.7 Å². The smallest absolute Gasteiger partial charge is 0.0840 e. The highest BCUT2D eigenvalue weighted by molar-refractivity contribution is 6.02. The molecule has 0 radical (unpaired) electrons. The average molecular weight is 430 g/mol. The molecule has 0 aliphatic heterocycles. The summed E-state index contributed by atoms with van der Waals surface area (Å²) in [4.78, 5) is 2.12. The Bertz CT molecular complexity index is 1130. The number of benzene rings is 4. The third-order valence-electron chi connectivity index (χ3n) is 6.42. The van der Waals surface area contributed by atoms with E-state index in [0.717, 1.165) is 11.1 Å². The molecule has 4 aromatic carbocycles. The maximum atomic E-state index is 10.9. The first kappa shape index (κ1) is 22.4. The Kier molecular flexibility index (Phi) is 6.87. The monoisotopic (exact) mass is 429 g/mol. The van der Waals surface area contributed by atoms with Gasteiger partial charge in [-0.05, 0) is 51.3 Å². The molecule has 4 aromatic rings. The normalized spacial score (nSPS) is 14.7. The van der Waals surface area contributed by atoms with E-state index in [2.05, 4.69) is 59.5 Å². The van der Waals surface area contributed by atoms with Crippen LogP contribution in [0.15, 0.2) is 78.9 Å². The first-order valence-corrected chi connectivity index (χ1v) is 11.1. The fraction of sp³-hybridized carbons (Fsp3) is 0.286. The summed E-state index contributed by atoms with van der Waals surface area (Å²) in [6, 6.07) is 26.3. The van der Waals surface area contributed by atoms with E-state index in [-0.39, 0.29) is 12.5 Å². The lowest BCUT2D eigenvalue weighted by Crippen LogP contribution is -2.35. The summed E-state index contributed by atoms with van der Waals surface area (Å²) in [6.07, 6.45) is -1.46. The van der Waals surface area contributed by atoms with Crippen molar-refractivity contribution < 1.29 is 15.3 Å². The van der Waals surface area contributed by atoms with Crippen LogP contribution in [0.5, 0.6) is 0 Å². The van der Waals surface area contributed by atoms with Crippen molar-refractivity contribution in [3.05, 3.63) is 95.6 Å². The van der Waals surface area contributed by atoms with Crippen LogP contribution in [0.2, 0.25) is 0 Å². The Morgan fingerprint density at radius 2 is 1.38 bits per heavy atom. The quantitative estimate of drug-likeness (QED) is 0.357. The molecule has 32 heavy (non-hydrogen) atoms. The van der Waals surface area contributed by atoms with Crippen molar-refractivity contribution in [2.24, 2.45) is 5.92 Å². The fourth-order valence-electron chi connectivity index (χ4n) is 4.43. The Labute approximate surface area is 189 Å². The average Bonchev–Trinajstić information content (AvgIpc) is 2.83. The molecule has 0 heterocycles. The lowest BCUT2D eigenvalue weighted by atomic mass is 9.91. The van der Waals surface area contributed by atoms with Gasteiger partial charge in [-0.3, -0.25) is 4.90 Å². The minimum Gasteiger partial charge on any atom is -0.392 e. The van der Waals surface area contributed by atoms with Gasteiger partial charge in [0.05, 0.1) is 18.8 Å². The Morgan fingerprint density at radius 1 is 0.812 bits per heavy atom. The maximum absolute atomic E-state index is 10.9. The lowest BCUT2D eigenvalue weighted by molar-refractivity contribution is 0.00460. The van der Waals surface area contributed by atoms with Gasteiger partial charge in [-0.2, -0.15) is 0 Å². The van der Waals surface area contributed by atoms with Crippen LogP contribution in [0, 0.1) is 5.92 Å². The predicted octanol–water partition coefficient (Wildman–Crippen LogP) is 4.65. The lowest BCUT2D eigenvalue weighted by Gasteiger charge is -2.28. The topological polar surface area (TPSA) is 63.9 Å². The fourth-order valence-corrected chi connectivity index (χ4v) is 4.43. The molecule has 0 amide bonds. The number of nitrogens with zero attached hydrogens (tertiary/aromatic N) is 1. The zero-order valence-electron chi connectivity index (χ0n) is 18.6. The van der Waals surface area contributed by atoms with E-state index >= 15 is 0 Å². The van der Waals surface area contributed by atoms with E-state index < -0.39 is 12.2 Å². The molecule has 3 atom stereocenters. The third kappa shape index (κ3) is 4.69. The summed E-state index contributed by atoms with van der Waals surface area (Å²) in [7, 11) is 2.01. The summed E-state index contributed by atoms with van der Waals surface area (Å²) >= 11 is 0. The molecular weight excluding hydrogens is 398 g/mol. The summed E-state index contributed by atoms with van der Waals surface area (Å²) in [5, 5.41) is 35.7. The Balaban J connectivity index is 1.51. The summed E-state index contributed by atoms with van der Waals surface area (Å²) < 4.78 is 0. The van der Waals surface area contributed by atoms with Gasteiger partial charge in [-0.25, -0.2) is 0 Å². The van der Waals surface area contributed by atoms with Crippen LogP contribution in [0.1, 0.15) is 29.7 Å². The van der Waals surface area contributed by atoms with Gasteiger partial charge in [0.1, 0.15) is 0 Å². The second kappa shape index (κ2) is 9.80. The van der Waals surface area contributed by atoms with Crippen molar-refractivity contribution in [1.82, 2.24) is 4.90 Å². The maximum Gasteiger partial charge on any atom is 0.0840 e. The second-order valence-electron chi connectivity index (χ2n) is 8.77. The van der Waals surface area contributed by atoms with E-state index in [9.17, 15) is 15.3 Å². The second-order valence-corrected chi connectivity index (χ2v) is 8.77. The summed E-state index contributed by atoms with van der Waals surface area (Å²) in [6.45, 7) is 3.00. The zero-order chi connectivity index (χ0) is 22.7. The minimum atomic E-state index is -0.774. The molecule has 166 valence electrons. The highest BCUT2D eigenvalue weighted by Gasteiger charge is 2.25. The van der Waals surface area contributed by atoms with Crippen LogP contribution >= 0.6 is 0 Å². The molecule has 0 aliphatic carbocycles. The minimum absolute atomic E-state index is 0.0256. The highest BCUT2D eigenvalue weighted by atomic mass is 16.3. The number of rotatable bonds is 8. The van der Waals surface area contributed by atoms with Gasteiger partial charge in [0.2, 0.25) is 0 Å². The van der Waals surface area contributed by atoms with E-state index in [1.165, 1.54) is 27.1 Å². The summed E-state index contributed by atoms with van der Waals surface area (Å²) in [5.41, 5.74) is 2.80. The standard InChI is InChI=1S/C28H31NO3/c1-19(28(32)21-13-11-20(18-30)12-14-21)27(31)17-29(2)16-26-24-9-5-3-7-22(24)15-23-8-4-6-10-25(23)26/h3-15,19,27-28,30-32H,16-18H2,1-2H3. The van der Waals surface area contributed by atoms with Gasteiger partial charge in [0, 0.05) is 19.0 Å². The van der Waals surface area contributed by atoms with Gasteiger partial charge < -0.3 is 15.3 Å². The molecule has 0 spiro atoms. The van der Waals surface area contributed by atoms with Crippen molar-refractivity contribution in [1.29, 1.82) is 0 Å². The zero-order valence-corrected chi connectivity index (χ0v) is 18.6.